The van der Waals surface area contributed by atoms with Crippen molar-refractivity contribution in [2.24, 2.45) is 0 Å². The Morgan fingerprint density at radius 3 is 2.68 bits per heavy atom. The molecule has 2 aliphatic rings. The number of phenols is 1. The van der Waals surface area contributed by atoms with E-state index in [1.165, 1.54) is 5.57 Å². The summed E-state index contributed by atoms with van der Waals surface area (Å²) in [6, 6.07) is 14.6. The van der Waals surface area contributed by atoms with Crippen LogP contribution in [0.1, 0.15) is 60.4 Å². The first-order valence-electron chi connectivity index (χ1n) is 12.1. The van der Waals surface area contributed by atoms with Gasteiger partial charge in [0.25, 0.3) is 5.91 Å². The number of aromatic hydroxyl groups is 1. The lowest BCUT2D eigenvalue weighted by molar-refractivity contribution is 0.102. The topological polar surface area (TPSA) is 75.1 Å². The Labute approximate surface area is 201 Å². The monoisotopic (exact) mass is 453 g/mol. The van der Waals surface area contributed by atoms with Gasteiger partial charge in [-0.2, -0.15) is 0 Å². The number of aromatic nitrogens is 2. The van der Waals surface area contributed by atoms with E-state index >= 15 is 0 Å². The van der Waals surface area contributed by atoms with Gasteiger partial charge in [-0.25, -0.2) is 9.97 Å². The zero-order valence-electron chi connectivity index (χ0n) is 19.8. The van der Waals surface area contributed by atoms with Gasteiger partial charge >= 0.3 is 0 Å². The number of amides is 1. The predicted octanol–water partition coefficient (Wildman–Crippen LogP) is 6.44. The summed E-state index contributed by atoms with van der Waals surface area (Å²) in [6.07, 6.45) is 11.8. The van der Waals surface area contributed by atoms with Gasteiger partial charge in [-0.1, -0.05) is 55.8 Å². The van der Waals surface area contributed by atoms with Crippen LogP contribution in [-0.4, -0.2) is 21.0 Å². The zero-order chi connectivity index (χ0) is 23.9. The molecule has 0 bridgehead atoms. The van der Waals surface area contributed by atoms with Crippen molar-refractivity contribution in [1.82, 2.24) is 9.97 Å². The van der Waals surface area contributed by atoms with Gasteiger partial charge in [0.15, 0.2) is 5.82 Å². The molecule has 2 aromatic carbocycles. The fraction of sp³-hybridized carbons (Fsp3) is 0.276. The SMILES string of the molecule is CC.O=C(Nc1nc2c(nc1CC1=CC=CCCC1)-c1ccc(O)cc1CC2)c1ccccc1. The van der Waals surface area contributed by atoms with Crippen LogP contribution < -0.4 is 5.32 Å². The third-order valence-corrected chi connectivity index (χ3v) is 6.01. The summed E-state index contributed by atoms with van der Waals surface area (Å²) in [5, 5.41) is 12.9. The molecular formula is C29H31N3O2. The molecule has 0 fully saturated rings. The fourth-order valence-corrected chi connectivity index (χ4v) is 4.35. The molecule has 34 heavy (non-hydrogen) atoms. The second-order valence-electron chi connectivity index (χ2n) is 8.30. The van der Waals surface area contributed by atoms with Crippen LogP contribution in [0.4, 0.5) is 5.82 Å². The van der Waals surface area contributed by atoms with Crippen molar-refractivity contribution in [1.29, 1.82) is 0 Å². The molecule has 5 rings (SSSR count). The van der Waals surface area contributed by atoms with E-state index in [0.717, 1.165) is 60.3 Å². The van der Waals surface area contributed by atoms with Gasteiger partial charge in [0.2, 0.25) is 0 Å². The Morgan fingerprint density at radius 1 is 1.03 bits per heavy atom. The average molecular weight is 454 g/mol. The van der Waals surface area contributed by atoms with E-state index in [0.29, 0.717) is 17.8 Å². The van der Waals surface area contributed by atoms with Crippen LogP contribution in [0.5, 0.6) is 5.75 Å². The number of anilines is 1. The summed E-state index contributed by atoms with van der Waals surface area (Å²) in [5.41, 5.74) is 6.47. The average Bonchev–Trinajstić information content (AvgIpc) is 3.14. The van der Waals surface area contributed by atoms with E-state index in [4.69, 9.17) is 9.97 Å². The molecule has 2 aliphatic carbocycles. The summed E-state index contributed by atoms with van der Waals surface area (Å²) in [5.74, 6) is 0.619. The molecule has 5 heteroatoms. The number of allylic oxidation sites excluding steroid dienone is 4. The van der Waals surface area contributed by atoms with Crippen LogP contribution >= 0.6 is 0 Å². The number of rotatable bonds is 4. The number of phenolic OH excluding ortho intramolecular Hbond substituents is 1. The maximum absolute atomic E-state index is 12.9. The molecule has 0 atom stereocenters. The quantitative estimate of drug-likeness (QED) is 0.477. The Morgan fingerprint density at radius 2 is 1.85 bits per heavy atom. The van der Waals surface area contributed by atoms with Crippen LogP contribution in [0.2, 0.25) is 0 Å². The Bertz CT molecular complexity index is 1230. The molecule has 1 heterocycles. The van der Waals surface area contributed by atoms with Gasteiger partial charge in [0, 0.05) is 17.5 Å². The summed E-state index contributed by atoms with van der Waals surface area (Å²) in [6.45, 7) is 4.00. The molecule has 0 saturated heterocycles. The van der Waals surface area contributed by atoms with Gasteiger partial charge in [-0.05, 0) is 68.0 Å². The Hall–Kier alpha value is -3.73. The number of benzene rings is 2. The largest absolute Gasteiger partial charge is 0.508 e. The van der Waals surface area contributed by atoms with Gasteiger partial charge in [0.1, 0.15) is 5.75 Å². The van der Waals surface area contributed by atoms with E-state index in [1.54, 1.807) is 18.2 Å². The standard InChI is InChI=1S/C27H25N3O2.C2H6/c31-21-13-14-22-20(17-21)12-15-23-25(22)28-24(16-18-8-4-1-2-5-9-18)26(29-23)30-27(32)19-10-6-3-7-11-19;1-2/h1,3-4,6-8,10-11,13-14,17,31H,2,5,9,12,15-16H2,(H,29,30,32);1-2H3. The van der Waals surface area contributed by atoms with Crippen LogP contribution in [0, 0.1) is 0 Å². The number of hydrogen-bond acceptors (Lipinski definition) is 4. The number of nitrogens with one attached hydrogen (secondary N) is 1. The maximum Gasteiger partial charge on any atom is 0.256 e. The lowest BCUT2D eigenvalue weighted by Gasteiger charge is -2.21. The molecule has 174 valence electrons. The molecular weight excluding hydrogens is 422 g/mol. The van der Waals surface area contributed by atoms with Crippen molar-refractivity contribution in [3.05, 3.63) is 94.8 Å². The molecule has 0 unspecified atom stereocenters. The highest BCUT2D eigenvalue weighted by Gasteiger charge is 2.23. The minimum absolute atomic E-state index is 0.183. The summed E-state index contributed by atoms with van der Waals surface area (Å²) in [4.78, 5) is 22.8. The molecule has 0 saturated carbocycles. The minimum Gasteiger partial charge on any atom is -0.508 e. The number of carbonyl (C=O) groups is 1. The summed E-state index contributed by atoms with van der Waals surface area (Å²) >= 11 is 0. The van der Waals surface area contributed by atoms with E-state index in [1.807, 2.05) is 44.2 Å². The van der Waals surface area contributed by atoms with Crippen molar-refractivity contribution >= 4 is 11.7 Å². The van der Waals surface area contributed by atoms with Gasteiger partial charge in [-0.3, -0.25) is 4.79 Å². The first-order valence-corrected chi connectivity index (χ1v) is 12.1. The highest BCUT2D eigenvalue weighted by molar-refractivity contribution is 6.04. The number of fused-ring (bicyclic) bond motifs is 3. The van der Waals surface area contributed by atoms with Crippen LogP contribution in [0.25, 0.3) is 11.3 Å². The van der Waals surface area contributed by atoms with Crippen LogP contribution in [0.3, 0.4) is 0 Å². The third-order valence-electron chi connectivity index (χ3n) is 6.01. The smallest absolute Gasteiger partial charge is 0.256 e. The summed E-state index contributed by atoms with van der Waals surface area (Å²) < 4.78 is 0. The van der Waals surface area contributed by atoms with Crippen molar-refractivity contribution < 1.29 is 9.90 Å². The minimum atomic E-state index is -0.183. The van der Waals surface area contributed by atoms with E-state index in [9.17, 15) is 9.90 Å². The van der Waals surface area contributed by atoms with Gasteiger partial charge < -0.3 is 10.4 Å². The maximum atomic E-state index is 12.9. The molecule has 3 aromatic rings. The van der Waals surface area contributed by atoms with E-state index in [2.05, 4.69) is 23.5 Å². The first kappa shape index (κ1) is 23.4. The number of aryl methyl sites for hydroxylation is 2. The predicted molar refractivity (Wildman–Crippen MR) is 137 cm³/mol. The molecule has 0 aliphatic heterocycles. The lowest BCUT2D eigenvalue weighted by atomic mass is 9.91. The van der Waals surface area contributed by atoms with Crippen molar-refractivity contribution in [3.63, 3.8) is 0 Å². The Kier molecular flexibility index (Phi) is 7.53. The third kappa shape index (κ3) is 5.25. The normalized spacial score (nSPS) is 14.0. The molecule has 5 nitrogen and oxygen atoms in total. The fourth-order valence-electron chi connectivity index (χ4n) is 4.35. The molecule has 2 N–H and O–H groups in total. The van der Waals surface area contributed by atoms with Crippen LogP contribution in [0.15, 0.2) is 72.3 Å². The van der Waals surface area contributed by atoms with Gasteiger partial charge in [-0.15, -0.1) is 0 Å². The molecule has 0 spiro atoms. The molecule has 0 radical (unpaired) electrons. The van der Waals surface area contributed by atoms with E-state index in [-0.39, 0.29) is 11.7 Å². The van der Waals surface area contributed by atoms with Crippen LogP contribution in [-0.2, 0) is 19.3 Å². The van der Waals surface area contributed by atoms with Crippen molar-refractivity contribution in [2.75, 3.05) is 5.32 Å². The van der Waals surface area contributed by atoms with Crippen molar-refractivity contribution in [2.45, 2.75) is 52.4 Å². The molecule has 1 amide bonds. The van der Waals surface area contributed by atoms with Gasteiger partial charge in [0.05, 0.1) is 17.1 Å². The first-order chi connectivity index (χ1) is 16.7. The number of carbonyl (C=O) groups excluding carboxylic acids is 1. The van der Waals surface area contributed by atoms with Crippen molar-refractivity contribution in [3.8, 4) is 17.0 Å². The Balaban J connectivity index is 0.00000133. The summed E-state index contributed by atoms with van der Waals surface area (Å²) in [7, 11) is 0. The van der Waals surface area contributed by atoms with E-state index < -0.39 is 0 Å². The highest BCUT2D eigenvalue weighted by Crippen LogP contribution is 2.35. The molecule has 1 aromatic heterocycles. The second-order valence-corrected chi connectivity index (χ2v) is 8.30. The zero-order valence-corrected chi connectivity index (χ0v) is 19.8. The highest BCUT2D eigenvalue weighted by atomic mass is 16.3. The second kappa shape index (κ2) is 10.9. The number of nitrogens with zero attached hydrogens (tertiary/aromatic N) is 2. The number of hydrogen-bond donors (Lipinski definition) is 2. The lowest BCUT2D eigenvalue weighted by Crippen LogP contribution is -2.18.